The lowest BCUT2D eigenvalue weighted by Gasteiger charge is -2.12. The maximum absolute atomic E-state index is 11.3. The average Bonchev–Trinajstić information content (AvgIpc) is 2.30. The van der Waals surface area contributed by atoms with Gasteiger partial charge in [0, 0.05) is 11.1 Å². The average molecular weight is 285 g/mol. The Bertz CT molecular complexity index is 424. The summed E-state index contributed by atoms with van der Waals surface area (Å²) < 4.78 is 5.58. The minimum absolute atomic E-state index is 0.127. The molecule has 2 N–H and O–H groups in total. The normalized spacial score (nSPS) is 10.4. The van der Waals surface area contributed by atoms with Crippen molar-refractivity contribution in [1.82, 2.24) is 10.6 Å². The van der Waals surface area contributed by atoms with Gasteiger partial charge in [0.1, 0.15) is 12.4 Å². The number of benzene rings is 1. The van der Waals surface area contributed by atoms with Crippen LogP contribution in [0, 0.1) is 13.8 Å². The Morgan fingerprint density at radius 3 is 2.42 bits per heavy atom. The Labute approximate surface area is 119 Å². The van der Waals surface area contributed by atoms with E-state index in [4.69, 9.17) is 16.3 Å². The van der Waals surface area contributed by atoms with Crippen LogP contribution in [0.2, 0.25) is 5.02 Å². The minimum atomic E-state index is -0.179. The minimum Gasteiger partial charge on any atom is -0.492 e. The molecular formula is C14H21ClN2O2. The molecule has 0 atom stereocenters. The van der Waals surface area contributed by atoms with Crippen molar-refractivity contribution in [2.75, 3.05) is 13.2 Å². The molecule has 4 nitrogen and oxygen atoms in total. The molecule has 0 aliphatic carbocycles. The Hall–Kier alpha value is -1.42. The monoisotopic (exact) mass is 284 g/mol. The standard InChI is InChI=1S/C14H21ClN2O2/c1-9(2)17-14(18)16-5-6-19-12-7-10(3)13(15)11(4)8-12/h7-9H,5-6H2,1-4H3,(H2,16,17,18). The second-order valence-electron chi connectivity index (χ2n) is 4.77. The lowest BCUT2D eigenvalue weighted by atomic mass is 10.1. The molecule has 0 heterocycles. The number of carbonyl (C=O) groups excluding carboxylic acids is 1. The van der Waals surface area contributed by atoms with Crippen LogP contribution in [0.15, 0.2) is 12.1 Å². The van der Waals surface area contributed by atoms with Crippen molar-refractivity contribution in [3.05, 3.63) is 28.3 Å². The van der Waals surface area contributed by atoms with Gasteiger partial charge in [0.2, 0.25) is 0 Å². The summed E-state index contributed by atoms with van der Waals surface area (Å²) in [6.45, 7) is 8.59. The van der Waals surface area contributed by atoms with E-state index in [1.54, 1.807) is 0 Å². The highest BCUT2D eigenvalue weighted by molar-refractivity contribution is 6.32. The number of rotatable bonds is 5. The lowest BCUT2D eigenvalue weighted by molar-refractivity contribution is 0.234. The molecule has 2 amide bonds. The number of aryl methyl sites for hydroxylation is 2. The third-order valence-electron chi connectivity index (χ3n) is 2.49. The van der Waals surface area contributed by atoms with Crippen molar-refractivity contribution in [3.8, 4) is 5.75 Å². The molecule has 0 saturated carbocycles. The van der Waals surface area contributed by atoms with Gasteiger partial charge in [-0.3, -0.25) is 0 Å². The molecule has 0 bridgehead atoms. The molecule has 5 heteroatoms. The Morgan fingerprint density at radius 2 is 1.89 bits per heavy atom. The molecule has 0 spiro atoms. The highest BCUT2D eigenvalue weighted by Crippen LogP contribution is 2.25. The van der Waals surface area contributed by atoms with Crippen molar-refractivity contribution in [1.29, 1.82) is 0 Å². The molecule has 1 rings (SSSR count). The number of hydrogen-bond donors (Lipinski definition) is 2. The third-order valence-corrected chi connectivity index (χ3v) is 3.08. The largest absolute Gasteiger partial charge is 0.492 e. The number of carbonyl (C=O) groups is 1. The van der Waals surface area contributed by atoms with E-state index in [9.17, 15) is 4.79 Å². The van der Waals surface area contributed by atoms with Gasteiger partial charge in [-0.15, -0.1) is 0 Å². The predicted octanol–water partition coefficient (Wildman–Crippen LogP) is 3.04. The summed E-state index contributed by atoms with van der Waals surface area (Å²) in [5.74, 6) is 0.769. The van der Waals surface area contributed by atoms with Crippen LogP contribution in [-0.2, 0) is 0 Å². The number of amides is 2. The fourth-order valence-corrected chi connectivity index (χ4v) is 1.75. The van der Waals surface area contributed by atoms with Crippen molar-refractivity contribution < 1.29 is 9.53 Å². The van der Waals surface area contributed by atoms with Gasteiger partial charge in [-0.25, -0.2) is 4.79 Å². The van der Waals surface area contributed by atoms with Crippen LogP contribution in [0.1, 0.15) is 25.0 Å². The lowest BCUT2D eigenvalue weighted by Crippen LogP contribution is -2.41. The van der Waals surface area contributed by atoms with Crippen LogP contribution in [0.5, 0.6) is 5.75 Å². The first kappa shape index (κ1) is 15.6. The highest BCUT2D eigenvalue weighted by atomic mass is 35.5. The second-order valence-corrected chi connectivity index (χ2v) is 5.15. The second kappa shape index (κ2) is 7.24. The van der Waals surface area contributed by atoms with Gasteiger partial charge in [-0.05, 0) is 51.0 Å². The molecule has 1 aromatic carbocycles. The zero-order valence-electron chi connectivity index (χ0n) is 11.8. The Morgan fingerprint density at radius 1 is 1.32 bits per heavy atom. The molecule has 1 aromatic rings. The van der Waals surface area contributed by atoms with Gasteiger partial charge in [-0.1, -0.05) is 11.6 Å². The number of hydrogen-bond acceptors (Lipinski definition) is 2. The van der Waals surface area contributed by atoms with Crippen molar-refractivity contribution in [3.63, 3.8) is 0 Å². The molecule has 0 radical (unpaired) electrons. The van der Waals surface area contributed by atoms with E-state index in [2.05, 4.69) is 10.6 Å². The first-order chi connectivity index (χ1) is 8.90. The fourth-order valence-electron chi connectivity index (χ4n) is 1.64. The third kappa shape index (κ3) is 5.39. The number of nitrogens with one attached hydrogen (secondary N) is 2. The fraction of sp³-hybridized carbons (Fsp3) is 0.500. The predicted molar refractivity (Wildman–Crippen MR) is 78.1 cm³/mol. The van der Waals surface area contributed by atoms with Gasteiger partial charge in [0.05, 0.1) is 6.54 Å². The number of urea groups is 1. The summed E-state index contributed by atoms with van der Waals surface area (Å²) in [7, 11) is 0. The van der Waals surface area contributed by atoms with Gasteiger partial charge >= 0.3 is 6.03 Å². The highest BCUT2D eigenvalue weighted by Gasteiger charge is 2.04. The summed E-state index contributed by atoms with van der Waals surface area (Å²) in [5.41, 5.74) is 1.98. The first-order valence-corrected chi connectivity index (χ1v) is 6.72. The van der Waals surface area contributed by atoms with Gasteiger partial charge in [0.15, 0.2) is 0 Å². The van der Waals surface area contributed by atoms with E-state index in [0.29, 0.717) is 13.2 Å². The number of halogens is 1. The molecule has 0 fully saturated rings. The molecule has 0 aliphatic rings. The molecule has 19 heavy (non-hydrogen) atoms. The molecule has 0 aromatic heterocycles. The van der Waals surface area contributed by atoms with Crippen molar-refractivity contribution in [2.45, 2.75) is 33.7 Å². The van der Waals surface area contributed by atoms with Gasteiger partial charge < -0.3 is 15.4 Å². The van der Waals surface area contributed by atoms with Crippen LogP contribution in [0.25, 0.3) is 0 Å². The van der Waals surface area contributed by atoms with E-state index in [0.717, 1.165) is 21.9 Å². The summed E-state index contributed by atoms with van der Waals surface area (Å²) in [6, 6.07) is 3.73. The summed E-state index contributed by atoms with van der Waals surface area (Å²) in [4.78, 5) is 11.3. The maximum Gasteiger partial charge on any atom is 0.315 e. The smallest absolute Gasteiger partial charge is 0.315 e. The van der Waals surface area contributed by atoms with Crippen molar-refractivity contribution >= 4 is 17.6 Å². The van der Waals surface area contributed by atoms with Crippen LogP contribution in [0.3, 0.4) is 0 Å². The molecule has 0 saturated heterocycles. The van der Waals surface area contributed by atoms with E-state index in [-0.39, 0.29) is 12.1 Å². The molecule has 106 valence electrons. The summed E-state index contributed by atoms with van der Waals surface area (Å²) in [6.07, 6.45) is 0. The van der Waals surface area contributed by atoms with E-state index < -0.39 is 0 Å². The summed E-state index contributed by atoms with van der Waals surface area (Å²) in [5, 5.41) is 6.23. The number of ether oxygens (including phenoxy) is 1. The SMILES string of the molecule is Cc1cc(OCCNC(=O)NC(C)C)cc(C)c1Cl. The van der Waals surface area contributed by atoms with E-state index in [1.165, 1.54) is 0 Å². The zero-order valence-corrected chi connectivity index (χ0v) is 12.6. The molecular weight excluding hydrogens is 264 g/mol. The van der Waals surface area contributed by atoms with Crippen LogP contribution >= 0.6 is 11.6 Å². The molecule has 0 aliphatic heterocycles. The van der Waals surface area contributed by atoms with E-state index >= 15 is 0 Å². The van der Waals surface area contributed by atoms with E-state index in [1.807, 2.05) is 39.8 Å². The Balaban J connectivity index is 2.36. The summed E-state index contributed by atoms with van der Waals surface area (Å²) >= 11 is 6.08. The van der Waals surface area contributed by atoms with Crippen LogP contribution < -0.4 is 15.4 Å². The molecule has 0 unspecified atom stereocenters. The quantitative estimate of drug-likeness (QED) is 0.817. The Kier molecular flexibility index (Phi) is 5.96. The van der Waals surface area contributed by atoms with Gasteiger partial charge in [0.25, 0.3) is 0 Å². The van der Waals surface area contributed by atoms with Crippen LogP contribution in [0.4, 0.5) is 4.79 Å². The first-order valence-electron chi connectivity index (χ1n) is 6.34. The zero-order chi connectivity index (χ0) is 14.4. The van der Waals surface area contributed by atoms with Crippen LogP contribution in [-0.4, -0.2) is 25.2 Å². The maximum atomic E-state index is 11.3. The van der Waals surface area contributed by atoms with Crippen molar-refractivity contribution in [2.24, 2.45) is 0 Å². The topological polar surface area (TPSA) is 50.4 Å². The van der Waals surface area contributed by atoms with Gasteiger partial charge in [-0.2, -0.15) is 0 Å².